The quantitative estimate of drug-likeness (QED) is 0.865. The lowest BCUT2D eigenvalue weighted by Gasteiger charge is -2.10. The van der Waals surface area contributed by atoms with E-state index in [2.05, 4.69) is 21.2 Å². The van der Waals surface area contributed by atoms with Crippen LogP contribution in [-0.4, -0.2) is 5.91 Å². The molecule has 0 spiro atoms. The third-order valence-electron chi connectivity index (χ3n) is 2.86. The average molecular weight is 350 g/mol. The molecule has 0 aliphatic carbocycles. The van der Waals surface area contributed by atoms with Crippen LogP contribution < -0.4 is 5.32 Å². The van der Waals surface area contributed by atoms with E-state index in [0.717, 1.165) is 5.56 Å². The lowest BCUT2D eigenvalue weighted by atomic mass is 10.1. The summed E-state index contributed by atoms with van der Waals surface area (Å²) in [5, 5.41) is 12.2. The summed E-state index contributed by atoms with van der Waals surface area (Å²) >= 11 is 9.34. The number of hydrogen-bond donors (Lipinski definition) is 1. The van der Waals surface area contributed by atoms with Gasteiger partial charge in [-0.05, 0) is 58.7 Å². The van der Waals surface area contributed by atoms with Crippen LogP contribution in [0.25, 0.3) is 0 Å². The van der Waals surface area contributed by atoms with E-state index >= 15 is 0 Å². The van der Waals surface area contributed by atoms with E-state index in [0.29, 0.717) is 26.3 Å². The second-order valence-electron chi connectivity index (χ2n) is 4.17. The fourth-order valence-electron chi connectivity index (χ4n) is 1.73. The average Bonchev–Trinajstić information content (AvgIpc) is 2.44. The van der Waals surface area contributed by atoms with Crippen molar-refractivity contribution in [2.24, 2.45) is 0 Å². The normalized spacial score (nSPS) is 9.90. The van der Waals surface area contributed by atoms with Gasteiger partial charge in [0.15, 0.2) is 0 Å². The van der Waals surface area contributed by atoms with Crippen LogP contribution in [0.4, 0.5) is 5.69 Å². The first-order valence-electron chi connectivity index (χ1n) is 5.79. The van der Waals surface area contributed by atoms with Gasteiger partial charge in [-0.3, -0.25) is 4.79 Å². The highest BCUT2D eigenvalue weighted by Crippen LogP contribution is 2.25. The monoisotopic (exact) mass is 348 g/mol. The van der Waals surface area contributed by atoms with Crippen molar-refractivity contribution in [3.8, 4) is 6.07 Å². The van der Waals surface area contributed by atoms with Crippen LogP contribution in [0.15, 0.2) is 40.9 Å². The third kappa shape index (κ3) is 3.01. The van der Waals surface area contributed by atoms with Crippen LogP contribution in [0.1, 0.15) is 21.5 Å². The number of nitriles is 1. The van der Waals surface area contributed by atoms with Crippen LogP contribution in [0.3, 0.4) is 0 Å². The van der Waals surface area contributed by atoms with E-state index in [9.17, 15) is 4.79 Å². The summed E-state index contributed by atoms with van der Waals surface area (Å²) in [6, 6.07) is 12.2. The highest BCUT2D eigenvalue weighted by atomic mass is 79.9. The van der Waals surface area contributed by atoms with Crippen molar-refractivity contribution in [1.29, 1.82) is 5.26 Å². The molecule has 0 heterocycles. The van der Waals surface area contributed by atoms with Crippen molar-refractivity contribution < 1.29 is 4.79 Å². The SMILES string of the molecule is Cc1c(Cl)cccc1C(=O)Nc1ccc(C#N)cc1Br. The number of nitrogens with zero attached hydrogens (tertiary/aromatic N) is 1. The Morgan fingerprint density at radius 3 is 2.75 bits per heavy atom. The number of carbonyl (C=O) groups excluding carboxylic acids is 1. The molecule has 2 aromatic rings. The highest BCUT2D eigenvalue weighted by Gasteiger charge is 2.12. The zero-order valence-electron chi connectivity index (χ0n) is 10.6. The Balaban J connectivity index is 2.29. The molecule has 0 saturated carbocycles. The maximum atomic E-state index is 12.2. The molecule has 20 heavy (non-hydrogen) atoms. The Hall–Kier alpha value is -1.83. The standard InChI is InChI=1S/C15H10BrClN2O/c1-9-11(3-2-4-13(9)17)15(20)19-14-6-5-10(8-18)7-12(14)16/h2-7H,1H3,(H,19,20). The van der Waals surface area contributed by atoms with Gasteiger partial charge in [-0.25, -0.2) is 0 Å². The second kappa shape index (κ2) is 6.08. The van der Waals surface area contributed by atoms with E-state index in [-0.39, 0.29) is 5.91 Å². The molecule has 0 aliphatic heterocycles. The molecule has 1 amide bonds. The highest BCUT2D eigenvalue weighted by molar-refractivity contribution is 9.10. The molecule has 2 aromatic carbocycles. The van der Waals surface area contributed by atoms with Crippen LogP contribution >= 0.6 is 27.5 Å². The second-order valence-corrected chi connectivity index (χ2v) is 5.43. The van der Waals surface area contributed by atoms with Gasteiger partial charge >= 0.3 is 0 Å². The molecule has 0 fully saturated rings. The minimum Gasteiger partial charge on any atom is -0.321 e. The number of halogens is 2. The molecule has 3 nitrogen and oxygen atoms in total. The lowest BCUT2D eigenvalue weighted by Crippen LogP contribution is -2.13. The number of hydrogen-bond acceptors (Lipinski definition) is 2. The van der Waals surface area contributed by atoms with Crippen LogP contribution in [0, 0.1) is 18.3 Å². The van der Waals surface area contributed by atoms with Crippen LogP contribution in [-0.2, 0) is 0 Å². The van der Waals surface area contributed by atoms with E-state index in [1.807, 2.05) is 6.07 Å². The van der Waals surface area contributed by atoms with Crippen molar-refractivity contribution in [1.82, 2.24) is 0 Å². The smallest absolute Gasteiger partial charge is 0.256 e. The van der Waals surface area contributed by atoms with Gasteiger partial charge in [0.25, 0.3) is 5.91 Å². The molecular weight excluding hydrogens is 340 g/mol. The number of nitrogens with one attached hydrogen (secondary N) is 1. The molecule has 1 N–H and O–H groups in total. The molecule has 0 aliphatic rings. The zero-order chi connectivity index (χ0) is 14.7. The van der Waals surface area contributed by atoms with Gasteiger partial charge in [0.2, 0.25) is 0 Å². The summed E-state index contributed by atoms with van der Waals surface area (Å²) in [7, 11) is 0. The third-order valence-corrected chi connectivity index (χ3v) is 3.92. The molecule has 100 valence electrons. The minimum atomic E-state index is -0.240. The Morgan fingerprint density at radius 1 is 1.35 bits per heavy atom. The number of amides is 1. The zero-order valence-corrected chi connectivity index (χ0v) is 12.9. The predicted molar refractivity (Wildman–Crippen MR) is 83.0 cm³/mol. The number of carbonyl (C=O) groups is 1. The van der Waals surface area contributed by atoms with Crippen molar-refractivity contribution in [3.05, 3.63) is 62.6 Å². The number of benzene rings is 2. The number of anilines is 1. The van der Waals surface area contributed by atoms with Gasteiger partial charge in [0.05, 0.1) is 17.3 Å². The number of rotatable bonds is 2. The predicted octanol–water partition coefficient (Wildman–Crippen LogP) is 4.53. The summed E-state index contributed by atoms with van der Waals surface area (Å²) in [4.78, 5) is 12.2. The van der Waals surface area contributed by atoms with Gasteiger partial charge in [-0.2, -0.15) is 5.26 Å². The summed E-state index contributed by atoms with van der Waals surface area (Å²) in [6.45, 7) is 1.80. The Bertz CT molecular complexity index is 722. The summed E-state index contributed by atoms with van der Waals surface area (Å²) in [5.41, 5.74) is 2.38. The largest absolute Gasteiger partial charge is 0.321 e. The molecule has 0 aromatic heterocycles. The van der Waals surface area contributed by atoms with E-state index in [1.54, 1.807) is 43.3 Å². The molecule has 5 heteroatoms. The molecular formula is C15H10BrClN2O. The van der Waals surface area contributed by atoms with Gasteiger partial charge in [-0.15, -0.1) is 0 Å². The Kier molecular flexibility index (Phi) is 4.43. The van der Waals surface area contributed by atoms with Gasteiger partial charge < -0.3 is 5.32 Å². The van der Waals surface area contributed by atoms with Crippen molar-refractivity contribution in [2.75, 3.05) is 5.32 Å². The van der Waals surface area contributed by atoms with E-state index < -0.39 is 0 Å². The minimum absolute atomic E-state index is 0.240. The van der Waals surface area contributed by atoms with Gasteiger partial charge in [0, 0.05) is 15.1 Å². The molecule has 0 atom stereocenters. The molecule has 0 saturated heterocycles. The van der Waals surface area contributed by atoms with Crippen molar-refractivity contribution in [3.63, 3.8) is 0 Å². The maximum Gasteiger partial charge on any atom is 0.256 e. The topological polar surface area (TPSA) is 52.9 Å². The molecule has 0 bridgehead atoms. The van der Waals surface area contributed by atoms with Crippen molar-refractivity contribution in [2.45, 2.75) is 6.92 Å². The first-order valence-corrected chi connectivity index (χ1v) is 6.96. The fraction of sp³-hybridized carbons (Fsp3) is 0.0667. The lowest BCUT2D eigenvalue weighted by molar-refractivity contribution is 0.102. The Morgan fingerprint density at radius 2 is 2.10 bits per heavy atom. The molecule has 0 unspecified atom stereocenters. The summed E-state index contributed by atoms with van der Waals surface area (Å²) < 4.78 is 0.657. The fourth-order valence-corrected chi connectivity index (χ4v) is 2.38. The first-order chi connectivity index (χ1) is 9.52. The van der Waals surface area contributed by atoms with E-state index in [1.165, 1.54) is 0 Å². The molecule has 0 radical (unpaired) electrons. The van der Waals surface area contributed by atoms with E-state index in [4.69, 9.17) is 16.9 Å². The maximum absolute atomic E-state index is 12.2. The van der Waals surface area contributed by atoms with Gasteiger partial charge in [-0.1, -0.05) is 17.7 Å². The van der Waals surface area contributed by atoms with Crippen LogP contribution in [0.5, 0.6) is 0 Å². The molecule has 2 rings (SSSR count). The summed E-state index contributed by atoms with van der Waals surface area (Å²) in [5.74, 6) is -0.240. The first kappa shape index (κ1) is 14.6. The summed E-state index contributed by atoms with van der Waals surface area (Å²) in [6.07, 6.45) is 0. The Labute approximate surface area is 130 Å². The van der Waals surface area contributed by atoms with Crippen LogP contribution in [0.2, 0.25) is 5.02 Å². The van der Waals surface area contributed by atoms with Gasteiger partial charge in [0.1, 0.15) is 0 Å². The van der Waals surface area contributed by atoms with Crippen molar-refractivity contribution >= 4 is 39.1 Å².